The van der Waals surface area contributed by atoms with Crippen LogP contribution in [0.5, 0.6) is 5.75 Å². The van der Waals surface area contributed by atoms with Gasteiger partial charge >= 0.3 is 0 Å². The van der Waals surface area contributed by atoms with Crippen molar-refractivity contribution in [3.8, 4) is 5.75 Å². The molecule has 0 spiro atoms. The summed E-state index contributed by atoms with van der Waals surface area (Å²) in [5.74, 6) is 0.329. The second-order valence-corrected chi connectivity index (χ2v) is 9.84. The number of hydrogen-bond acceptors (Lipinski definition) is 4. The summed E-state index contributed by atoms with van der Waals surface area (Å²) < 4.78 is 31.5. The highest BCUT2D eigenvalue weighted by Crippen LogP contribution is 2.30. The Balaban J connectivity index is 1.72. The molecule has 1 atom stereocenters. The lowest BCUT2D eigenvalue weighted by molar-refractivity contribution is -0.121. The van der Waals surface area contributed by atoms with Crippen LogP contribution in [-0.4, -0.2) is 34.2 Å². The number of methoxy groups -OCH3 is 1. The Hall–Kier alpha value is -3.32. The number of hydrogen-bond donors (Lipinski definition) is 1. The van der Waals surface area contributed by atoms with Gasteiger partial charge in [0.1, 0.15) is 5.75 Å². The van der Waals surface area contributed by atoms with Gasteiger partial charge in [0.2, 0.25) is 15.9 Å². The maximum Gasteiger partial charge on any atom is 0.232 e. The van der Waals surface area contributed by atoms with Crippen LogP contribution in [0.15, 0.2) is 78.9 Å². The van der Waals surface area contributed by atoms with Gasteiger partial charge in [0.25, 0.3) is 0 Å². The Morgan fingerprint density at radius 2 is 1.64 bits per heavy atom. The fourth-order valence-electron chi connectivity index (χ4n) is 3.77. The number of carbonyl (C=O) groups is 1. The number of nitrogens with one attached hydrogen (secondary N) is 1. The van der Waals surface area contributed by atoms with Crippen LogP contribution in [-0.2, 0) is 14.8 Å². The molecule has 1 N–H and O–H groups in total. The zero-order valence-electron chi connectivity index (χ0n) is 19.2. The molecule has 1 amide bonds. The Kier molecular flexibility index (Phi) is 8.11. The zero-order chi connectivity index (χ0) is 23.8. The van der Waals surface area contributed by atoms with Crippen molar-refractivity contribution in [2.75, 3.05) is 24.2 Å². The van der Waals surface area contributed by atoms with Crippen molar-refractivity contribution in [1.29, 1.82) is 0 Å². The van der Waals surface area contributed by atoms with E-state index in [0.717, 1.165) is 22.9 Å². The van der Waals surface area contributed by atoms with E-state index >= 15 is 0 Å². The fraction of sp³-hybridized carbons (Fsp3) is 0.269. The topological polar surface area (TPSA) is 75.7 Å². The first-order chi connectivity index (χ1) is 15.8. The van der Waals surface area contributed by atoms with E-state index < -0.39 is 10.0 Å². The molecule has 0 bridgehead atoms. The SMILES string of the molecule is COc1ccccc1N(CCCC(=O)N[C@@H](c1ccccc1)c1cccc(C)c1)S(C)(=O)=O. The smallest absolute Gasteiger partial charge is 0.232 e. The van der Waals surface area contributed by atoms with Crippen LogP contribution in [0.2, 0.25) is 0 Å². The molecular formula is C26H30N2O4S. The van der Waals surface area contributed by atoms with Crippen LogP contribution in [0.1, 0.15) is 35.6 Å². The zero-order valence-corrected chi connectivity index (χ0v) is 20.0. The van der Waals surface area contributed by atoms with Crippen LogP contribution in [0, 0.1) is 6.92 Å². The summed E-state index contributed by atoms with van der Waals surface area (Å²) in [6.45, 7) is 2.19. The minimum atomic E-state index is -3.54. The number of carbonyl (C=O) groups excluding carboxylic acids is 1. The quantitative estimate of drug-likeness (QED) is 0.479. The minimum absolute atomic E-state index is 0.140. The molecule has 6 nitrogen and oxygen atoms in total. The lowest BCUT2D eigenvalue weighted by Gasteiger charge is -2.24. The summed E-state index contributed by atoms with van der Waals surface area (Å²) in [7, 11) is -2.04. The Bertz CT molecular complexity index is 1180. The average molecular weight is 467 g/mol. The third-order valence-corrected chi connectivity index (χ3v) is 6.51. The molecule has 0 radical (unpaired) electrons. The first-order valence-corrected chi connectivity index (χ1v) is 12.7. The maximum absolute atomic E-state index is 12.9. The fourth-order valence-corrected chi connectivity index (χ4v) is 4.74. The van der Waals surface area contributed by atoms with Crippen LogP contribution in [0.4, 0.5) is 5.69 Å². The second-order valence-electron chi connectivity index (χ2n) is 7.94. The molecule has 33 heavy (non-hydrogen) atoms. The number of anilines is 1. The van der Waals surface area contributed by atoms with Gasteiger partial charge in [-0.25, -0.2) is 8.42 Å². The van der Waals surface area contributed by atoms with Gasteiger partial charge in [0.05, 0.1) is 25.1 Å². The van der Waals surface area contributed by atoms with Gasteiger partial charge in [-0.1, -0.05) is 72.3 Å². The summed E-state index contributed by atoms with van der Waals surface area (Å²) in [5.41, 5.74) is 3.57. The van der Waals surface area contributed by atoms with Crippen LogP contribution in [0.25, 0.3) is 0 Å². The van der Waals surface area contributed by atoms with E-state index in [1.807, 2.05) is 55.5 Å². The lowest BCUT2D eigenvalue weighted by Crippen LogP contribution is -2.33. The molecule has 7 heteroatoms. The second kappa shape index (κ2) is 11.0. The molecule has 3 rings (SSSR count). The Morgan fingerprint density at radius 1 is 0.970 bits per heavy atom. The monoisotopic (exact) mass is 466 g/mol. The largest absolute Gasteiger partial charge is 0.495 e. The summed E-state index contributed by atoms with van der Waals surface area (Å²) in [6, 6.07) is 24.5. The number of benzene rings is 3. The molecule has 174 valence electrons. The minimum Gasteiger partial charge on any atom is -0.495 e. The molecule has 0 aliphatic carbocycles. The van der Waals surface area contributed by atoms with Crippen molar-refractivity contribution in [1.82, 2.24) is 5.32 Å². The number of para-hydroxylation sites is 2. The van der Waals surface area contributed by atoms with Gasteiger partial charge in [-0.3, -0.25) is 9.10 Å². The maximum atomic E-state index is 12.9. The predicted molar refractivity (Wildman–Crippen MR) is 132 cm³/mol. The van der Waals surface area contributed by atoms with Gasteiger partial charge in [-0.15, -0.1) is 0 Å². The third-order valence-electron chi connectivity index (χ3n) is 5.33. The van der Waals surface area contributed by atoms with Crippen molar-refractivity contribution < 1.29 is 17.9 Å². The highest BCUT2D eigenvalue weighted by Gasteiger charge is 2.22. The molecule has 0 unspecified atom stereocenters. The van der Waals surface area contributed by atoms with E-state index in [0.29, 0.717) is 17.9 Å². The number of nitrogens with zero attached hydrogens (tertiary/aromatic N) is 1. The summed E-state index contributed by atoms with van der Waals surface area (Å²) in [6.07, 6.45) is 1.71. The van der Waals surface area contributed by atoms with Crippen molar-refractivity contribution in [3.05, 3.63) is 95.6 Å². The number of sulfonamides is 1. The van der Waals surface area contributed by atoms with Crippen molar-refractivity contribution in [2.45, 2.75) is 25.8 Å². The molecule has 0 saturated heterocycles. The van der Waals surface area contributed by atoms with E-state index in [9.17, 15) is 13.2 Å². The van der Waals surface area contributed by atoms with Gasteiger partial charge in [0, 0.05) is 13.0 Å². The van der Waals surface area contributed by atoms with Gasteiger partial charge in [-0.2, -0.15) is 0 Å². The normalized spacial score (nSPS) is 12.1. The Morgan fingerprint density at radius 3 is 2.30 bits per heavy atom. The molecule has 0 fully saturated rings. The van der Waals surface area contributed by atoms with Crippen molar-refractivity contribution in [2.24, 2.45) is 0 Å². The molecule has 0 aromatic heterocycles. The van der Waals surface area contributed by atoms with Gasteiger partial charge < -0.3 is 10.1 Å². The summed E-state index contributed by atoms with van der Waals surface area (Å²) in [4.78, 5) is 12.9. The first kappa shape index (κ1) is 24.3. The van der Waals surface area contributed by atoms with Crippen LogP contribution >= 0.6 is 0 Å². The highest BCUT2D eigenvalue weighted by atomic mass is 32.2. The number of amides is 1. The highest BCUT2D eigenvalue weighted by molar-refractivity contribution is 7.92. The van der Waals surface area contributed by atoms with E-state index in [2.05, 4.69) is 11.4 Å². The Labute approximate surface area is 196 Å². The first-order valence-electron chi connectivity index (χ1n) is 10.8. The van der Waals surface area contributed by atoms with Gasteiger partial charge in [-0.05, 0) is 36.6 Å². The van der Waals surface area contributed by atoms with Crippen LogP contribution < -0.4 is 14.4 Å². The number of rotatable bonds is 10. The number of aryl methyl sites for hydroxylation is 1. The molecular weight excluding hydrogens is 436 g/mol. The van der Waals surface area contributed by atoms with Crippen molar-refractivity contribution >= 4 is 21.6 Å². The summed E-state index contributed by atoms with van der Waals surface area (Å²) >= 11 is 0. The molecule has 0 heterocycles. The van der Waals surface area contributed by atoms with Crippen LogP contribution in [0.3, 0.4) is 0 Å². The lowest BCUT2D eigenvalue weighted by atomic mass is 9.97. The molecule has 3 aromatic rings. The summed E-state index contributed by atoms with van der Waals surface area (Å²) in [5, 5.41) is 3.12. The number of ether oxygens (including phenoxy) is 1. The predicted octanol–water partition coefficient (Wildman–Crippen LogP) is 4.46. The molecule has 3 aromatic carbocycles. The third kappa shape index (κ3) is 6.58. The standard InChI is InChI=1S/C26H30N2O4S/c1-20-11-9-14-22(19-20)26(21-12-5-4-6-13-21)27-25(29)17-10-18-28(33(3,30)31)23-15-7-8-16-24(23)32-2/h4-9,11-16,19,26H,10,17-18H2,1-3H3,(H,27,29)/t26-/m0/s1. The van der Waals surface area contributed by atoms with E-state index in [-0.39, 0.29) is 24.9 Å². The van der Waals surface area contributed by atoms with Crippen molar-refractivity contribution in [3.63, 3.8) is 0 Å². The van der Waals surface area contributed by atoms with E-state index in [1.54, 1.807) is 24.3 Å². The molecule has 0 aliphatic heterocycles. The van der Waals surface area contributed by atoms with E-state index in [4.69, 9.17) is 4.74 Å². The van der Waals surface area contributed by atoms with Gasteiger partial charge in [0.15, 0.2) is 0 Å². The molecule has 0 saturated carbocycles. The molecule has 0 aliphatic rings. The van der Waals surface area contributed by atoms with E-state index in [1.165, 1.54) is 11.4 Å². The average Bonchev–Trinajstić information content (AvgIpc) is 2.80.